The lowest BCUT2D eigenvalue weighted by Gasteiger charge is -2.34. The van der Waals surface area contributed by atoms with Gasteiger partial charge in [-0.15, -0.1) is 0 Å². The summed E-state index contributed by atoms with van der Waals surface area (Å²) < 4.78 is 0. The molecular weight excluding hydrogens is 761 g/mol. The van der Waals surface area contributed by atoms with Crippen LogP contribution in [0.25, 0.3) is 86.2 Å². The van der Waals surface area contributed by atoms with Crippen molar-refractivity contribution in [2.45, 2.75) is 20.8 Å². The number of anilines is 6. The van der Waals surface area contributed by atoms with Crippen LogP contribution in [0.1, 0.15) is 16.7 Å². The fourth-order valence-electron chi connectivity index (χ4n) is 10.8. The van der Waals surface area contributed by atoms with E-state index >= 15 is 0 Å². The molecule has 0 aromatic heterocycles. The van der Waals surface area contributed by atoms with Gasteiger partial charge in [-0.25, -0.2) is 0 Å². The zero-order valence-electron chi connectivity index (χ0n) is 35.4. The zero-order chi connectivity index (χ0) is 41.9. The number of para-hydroxylation sites is 2. The quantitative estimate of drug-likeness (QED) is 0.0939. The molecular formula is C61H42N2. The van der Waals surface area contributed by atoms with E-state index in [0.29, 0.717) is 0 Å². The third-order valence-electron chi connectivity index (χ3n) is 13.8. The second-order valence-corrected chi connectivity index (χ2v) is 17.5. The third-order valence-corrected chi connectivity index (χ3v) is 13.8. The Labute approximate surface area is 366 Å². The van der Waals surface area contributed by atoms with Gasteiger partial charge in [0.05, 0.1) is 22.7 Å². The van der Waals surface area contributed by atoms with Crippen molar-refractivity contribution in [1.29, 1.82) is 0 Å². The summed E-state index contributed by atoms with van der Waals surface area (Å²) in [6.07, 6.45) is 0. The van der Waals surface area contributed by atoms with Crippen LogP contribution in [-0.2, 0) is 0 Å². The van der Waals surface area contributed by atoms with Gasteiger partial charge in [-0.1, -0.05) is 151 Å². The maximum Gasteiger partial charge on any atom is 0.0620 e. The van der Waals surface area contributed by atoms with Crippen LogP contribution in [0.4, 0.5) is 34.1 Å². The molecule has 13 rings (SSSR count). The molecule has 0 saturated heterocycles. The molecule has 0 heterocycles. The minimum absolute atomic E-state index is 1.12. The highest BCUT2D eigenvalue weighted by atomic mass is 15.2. The molecule has 0 fully saturated rings. The fraction of sp³-hybridized carbons (Fsp3) is 0.0492. The second-order valence-electron chi connectivity index (χ2n) is 17.5. The number of nitrogens with zero attached hydrogens (tertiary/aromatic N) is 2. The molecule has 296 valence electrons. The van der Waals surface area contributed by atoms with Crippen LogP contribution >= 0.6 is 0 Å². The van der Waals surface area contributed by atoms with Crippen molar-refractivity contribution in [1.82, 2.24) is 0 Å². The second kappa shape index (κ2) is 13.5. The topological polar surface area (TPSA) is 6.48 Å². The number of aryl methyl sites for hydroxylation is 3. The van der Waals surface area contributed by atoms with Crippen LogP contribution in [0.3, 0.4) is 0 Å². The predicted octanol–water partition coefficient (Wildman–Crippen LogP) is 17.7. The molecule has 0 N–H and O–H groups in total. The van der Waals surface area contributed by atoms with E-state index in [0.717, 1.165) is 22.7 Å². The van der Waals surface area contributed by atoms with Crippen molar-refractivity contribution in [3.05, 3.63) is 217 Å². The molecule has 63 heavy (non-hydrogen) atoms. The van der Waals surface area contributed by atoms with Gasteiger partial charge in [-0.2, -0.15) is 0 Å². The Morgan fingerprint density at radius 2 is 0.635 bits per heavy atom. The van der Waals surface area contributed by atoms with Gasteiger partial charge in [0, 0.05) is 43.7 Å². The first-order chi connectivity index (χ1) is 31.0. The van der Waals surface area contributed by atoms with Gasteiger partial charge in [-0.3, -0.25) is 0 Å². The fourth-order valence-corrected chi connectivity index (χ4v) is 10.8. The van der Waals surface area contributed by atoms with Crippen LogP contribution in [0.15, 0.2) is 200 Å². The van der Waals surface area contributed by atoms with Crippen molar-refractivity contribution >= 4 is 120 Å². The van der Waals surface area contributed by atoms with Gasteiger partial charge < -0.3 is 9.80 Å². The molecule has 0 aliphatic heterocycles. The summed E-state index contributed by atoms with van der Waals surface area (Å²) in [5.74, 6) is 0. The summed E-state index contributed by atoms with van der Waals surface area (Å²) >= 11 is 0. The number of hydrogen-bond acceptors (Lipinski definition) is 2. The highest BCUT2D eigenvalue weighted by molar-refractivity contribution is 6.30. The van der Waals surface area contributed by atoms with Gasteiger partial charge in [-0.05, 0) is 140 Å². The summed E-state index contributed by atoms with van der Waals surface area (Å²) in [5.41, 5.74) is 10.7. The monoisotopic (exact) mass is 802 g/mol. The van der Waals surface area contributed by atoms with E-state index in [1.165, 1.54) is 114 Å². The molecule has 0 saturated carbocycles. The summed E-state index contributed by atoms with van der Waals surface area (Å²) in [6.45, 7) is 6.75. The van der Waals surface area contributed by atoms with Gasteiger partial charge in [0.25, 0.3) is 0 Å². The zero-order valence-corrected chi connectivity index (χ0v) is 35.4. The summed E-state index contributed by atoms with van der Waals surface area (Å²) in [7, 11) is 0. The Balaban J connectivity index is 1.19. The average Bonchev–Trinajstić information content (AvgIpc) is 3.32. The Kier molecular flexibility index (Phi) is 7.68. The molecule has 2 heteroatoms. The van der Waals surface area contributed by atoms with E-state index in [2.05, 4.69) is 231 Å². The minimum Gasteiger partial charge on any atom is -0.309 e. The number of rotatable bonds is 6. The number of benzene rings is 13. The average molecular weight is 803 g/mol. The van der Waals surface area contributed by atoms with Crippen LogP contribution in [0, 0.1) is 20.8 Å². The first kappa shape index (κ1) is 35.8. The smallest absolute Gasteiger partial charge is 0.0620 e. The maximum atomic E-state index is 2.55. The van der Waals surface area contributed by atoms with Crippen molar-refractivity contribution in [3.63, 3.8) is 0 Å². The third kappa shape index (κ3) is 5.25. The molecule has 0 bridgehead atoms. The van der Waals surface area contributed by atoms with Crippen molar-refractivity contribution in [2.24, 2.45) is 0 Å². The van der Waals surface area contributed by atoms with Crippen LogP contribution in [0.2, 0.25) is 0 Å². The van der Waals surface area contributed by atoms with E-state index in [4.69, 9.17) is 0 Å². The highest BCUT2D eigenvalue weighted by Crippen LogP contribution is 2.54. The van der Waals surface area contributed by atoms with Crippen molar-refractivity contribution < 1.29 is 0 Å². The lowest BCUT2D eigenvalue weighted by Crippen LogP contribution is -2.15. The molecule has 2 nitrogen and oxygen atoms in total. The summed E-state index contributed by atoms with van der Waals surface area (Å²) in [6, 6.07) is 75.0. The van der Waals surface area contributed by atoms with E-state index in [-0.39, 0.29) is 0 Å². The maximum absolute atomic E-state index is 2.55. The highest BCUT2D eigenvalue weighted by Gasteiger charge is 2.28. The summed E-state index contributed by atoms with van der Waals surface area (Å²) in [5, 5.41) is 20.1. The van der Waals surface area contributed by atoms with Crippen LogP contribution in [-0.4, -0.2) is 0 Å². The van der Waals surface area contributed by atoms with Gasteiger partial charge in [0.1, 0.15) is 0 Å². The van der Waals surface area contributed by atoms with E-state index in [1.807, 2.05) is 0 Å². The standard InChI is InChI=1S/C61H42N2/c1-37-20-29-48-51(34-37)61(63(47-18-8-5-9-19-47)55-33-28-45-24-22-41-13-11-15-43-26-31-50(55)59(45)57(41)43)53-36-39(3)38(2)35-52(53)60(48)62(46-16-6-4-7-17-46)54-32-27-44-23-21-40-12-10-14-42-25-30-49(54)58(44)56(40)42/h4-36H,1-3H3. The molecule has 13 aromatic carbocycles. The summed E-state index contributed by atoms with van der Waals surface area (Å²) in [4.78, 5) is 5.10. The van der Waals surface area contributed by atoms with Gasteiger partial charge in [0.2, 0.25) is 0 Å². The van der Waals surface area contributed by atoms with E-state index in [9.17, 15) is 0 Å². The molecule has 0 unspecified atom stereocenters. The molecule has 0 aliphatic carbocycles. The van der Waals surface area contributed by atoms with Crippen molar-refractivity contribution in [2.75, 3.05) is 9.80 Å². The molecule has 0 aliphatic rings. The molecule has 0 radical (unpaired) electrons. The first-order valence-corrected chi connectivity index (χ1v) is 22.0. The minimum atomic E-state index is 1.12. The number of hydrogen-bond donors (Lipinski definition) is 0. The lowest BCUT2D eigenvalue weighted by molar-refractivity contribution is 1.30. The largest absolute Gasteiger partial charge is 0.309 e. The first-order valence-electron chi connectivity index (χ1n) is 22.0. The van der Waals surface area contributed by atoms with Crippen molar-refractivity contribution in [3.8, 4) is 0 Å². The van der Waals surface area contributed by atoms with Gasteiger partial charge >= 0.3 is 0 Å². The Morgan fingerprint density at radius 3 is 1.10 bits per heavy atom. The molecule has 0 atom stereocenters. The SMILES string of the molecule is Cc1ccc2c(N(c3ccccc3)c3ccc4ccc5cccc6ccc3c4c56)c3cc(C)c(C)cc3c(N(c3ccccc3)c3ccc4ccc5cccc6ccc3c4c56)c2c1. The normalized spacial score (nSPS) is 12.0. The lowest BCUT2D eigenvalue weighted by atomic mass is 9.90. The molecule has 0 spiro atoms. The molecule has 0 amide bonds. The Morgan fingerprint density at radius 1 is 0.270 bits per heavy atom. The predicted molar refractivity (Wildman–Crippen MR) is 272 cm³/mol. The van der Waals surface area contributed by atoms with Gasteiger partial charge in [0.15, 0.2) is 0 Å². The van der Waals surface area contributed by atoms with Crippen LogP contribution in [0.5, 0.6) is 0 Å². The van der Waals surface area contributed by atoms with E-state index < -0.39 is 0 Å². The van der Waals surface area contributed by atoms with Crippen LogP contribution < -0.4 is 9.80 Å². The molecule has 13 aromatic rings. The Bertz CT molecular complexity index is 3910. The van der Waals surface area contributed by atoms with E-state index in [1.54, 1.807) is 0 Å². The number of fused-ring (bicyclic) bond motifs is 2. The Hall–Kier alpha value is -7.94.